The Hall–Kier alpha value is -1.36. The number of ether oxygens (including phenoxy) is 1. The van der Waals surface area contributed by atoms with E-state index in [0.717, 1.165) is 13.0 Å². The Kier molecular flexibility index (Phi) is 5.15. The van der Waals surface area contributed by atoms with E-state index in [0.29, 0.717) is 13.2 Å². The Balaban J connectivity index is 2.20. The van der Waals surface area contributed by atoms with Crippen molar-refractivity contribution in [2.24, 2.45) is 0 Å². The van der Waals surface area contributed by atoms with Crippen LogP contribution in [0.2, 0.25) is 0 Å². The predicted molar refractivity (Wildman–Crippen MR) is 65.6 cm³/mol. The average Bonchev–Trinajstić information content (AvgIpc) is 2.76. The van der Waals surface area contributed by atoms with Crippen LogP contribution in [0.4, 0.5) is 0 Å². The van der Waals surface area contributed by atoms with E-state index in [-0.39, 0.29) is 5.91 Å². The molecule has 1 aromatic rings. The molecule has 0 saturated carbocycles. The molecule has 0 aromatic carbocycles. The van der Waals surface area contributed by atoms with Crippen molar-refractivity contribution in [3.05, 3.63) is 18.5 Å². The monoisotopic (exact) mass is 239 g/mol. The summed E-state index contributed by atoms with van der Waals surface area (Å²) >= 11 is 0. The van der Waals surface area contributed by atoms with Gasteiger partial charge in [0.05, 0.1) is 0 Å². The minimum atomic E-state index is -0.750. The Bertz CT molecular complexity index is 334. The highest BCUT2D eigenvalue weighted by Crippen LogP contribution is 2.08. The van der Waals surface area contributed by atoms with Gasteiger partial charge in [-0.05, 0) is 33.3 Å². The lowest BCUT2D eigenvalue weighted by molar-refractivity contribution is -0.142. The number of carbonyl (C=O) groups is 1. The van der Waals surface area contributed by atoms with E-state index in [9.17, 15) is 4.79 Å². The summed E-state index contributed by atoms with van der Waals surface area (Å²) in [7, 11) is 0. The summed E-state index contributed by atoms with van der Waals surface area (Å²) in [6.45, 7) is 7.41. The fourth-order valence-electron chi connectivity index (χ4n) is 1.51. The highest BCUT2D eigenvalue weighted by Gasteiger charge is 2.27. The number of nitrogens with one attached hydrogen (secondary N) is 1. The van der Waals surface area contributed by atoms with Crippen molar-refractivity contribution in [3.63, 3.8) is 0 Å². The minimum absolute atomic E-state index is 0.0696. The maximum absolute atomic E-state index is 11.8. The second kappa shape index (κ2) is 6.39. The van der Waals surface area contributed by atoms with E-state index in [2.05, 4.69) is 10.4 Å². The first kappa shape index (κ1) is 13.7. The van der Waals surface area contributed by atoms with Gasteiger partial charge in [-0.3, -0.25) is 9.48 Å². The Morgan fingerprint density at radius 1 is 1.53 bits per heavy atom. The summed E-state index contributed by atoms with van der Waals surface area (Å²) in [4.78, 5) is 11.8. The first-order valence-corrected chi connectivity index (χ1v) is 5.96. The molecule has 1 amide bonds. The topological polar surface area (TPSA) is 56.1 Å². The number of aromatic nitrogens is 2. The first-order valence-electron chi connectivity index (χ1n) is 5.96. The maximum Gasteiger partial charge on any atom is 0.251 e. The standard InChI is InChI=1S/C12H21N3O2/c1-4-17-12(2,3)11(16)13-7-5-9-15-10-6-8-14-15/h6,8,10H,4-5,7,9H2,1-3H3,(H,13,16). The van der Waals surface area contributed by atoms with E-state index in [1.54, 1.807) is 20.0 Å². The lowest BCUT2D eigenvalue weighted by Crippen LogP contribution is -2.44. The highest BCUT2D eigenvalue weighted by molar-refractivity contribution is 5.84. The highest BCUT2D eigenvalue weighted by atomic mass is 16.5. The van der Waals surface area contributed by atoms with Crippen LogP contribution < -0.4 is 5.32 Å². The van der Waals surface area contributed by atoms with Gasteiger partial charge in [-0.2, -0.15) is 5.10 Å². The third kappa shape index (κ3) is 4.56. The maximum atomic E-state index is 11.8. The van der Waals surface area contributed by atoms with Gasteiger partial charge in [-0.25, -0.2) is 0 Å². The number of carbonyl (C=O) groups excluding carboxylic acids is 1. The molecule has 0 atom stereocenters. The molecule has 96 valence electrons. The Morgan fingerprint density at radius 3 is 2.88 bits per heavy atom. The van der Waals surface area contributed by atoms with Crippen LogP contribution in [0.25, 0.3) is 0 Å². The largest absolute Gasteiger partial charge is 0.366 e. The lowest BCUT2D eigenvalue weighted by Gasteiger charge is -2.23. The van der Waals surface area contributed by atoms with E-state index < -0.39 is 5.60 Å². The molecular weight excluding hydrogens is 218 g/mol. The molecule has 1 rings (SSSR count). The molecule has 5 heteroatoms. The zero-order valence-electron chi connectivity index (χ0n) is 10.8. The SMILES string of the molecule is CCOC(C)(C)C(=O)NCCCn1cccn1. The van der Waals surface area contributed by atoms with Gasteiger partial charge >= 0.3 is 0 Å². The fraction of sp³-hybridized carbons (Fsp3) is 0.667. The van der Waals surface area contributed by atoms with Crippen LogP contribution in [0.5, 0.6) is 0 Å². The van der Waals surface area contributed by atoms with Crippen molar-refractivity contribution in [2.75, 3.05) is 13.2 Å². The van der Waals surface area contributed by atoms with E-state index >= 15 is 0 Å². The van der Waals surface area contributed by atoms with Gasteiger partial charge in [0, 0.05) is 32.1 Å². The van der Waals surface area contributed by atoms with Gasteiger partial charge in [0.2, 0.25) is 0 Å². The van der Waals surface area contributed by atoms with Crippen LogP contribution in [0.3, 0.4) is 0 Å². The van der Waals surface area contributed by atoms with Gasteiger partial charge in [0.1, 0.15) is 5.60 Å². The number of hydrogen-bond donors (Lipinski definition) is 1. The number of aryl methyl sites for hydroxylation is 1. The molecule has 0 radical (unpaired) electrons. The van der Waals surface area contributed by atoms with Crippen LogP contribution in [0.1, 0.15) is 27.2 Å². The summed E-state index contributed by atoms with van der Waals surface area (Å²) in [5.41, 5.74) is -0.750. The van der Waals surface area contributed by atoms with Crippen LogP contribution in [-0.4, -0.2) is 34.4 Å². The lowest BCUT2D eigenvalue weighted by atomic mass is 10.1. The molecule has 0 saturated heterocycles. The van der Waals surface area contributed by atoms with E-state index in [1.807, 2.05) is 23.9 Å². The van der Waals surface area contributed by atoms with Crippen molar-refractivity contribution in [2.45, 2.75) is 39.3 Å². The molecule has 0 unspecified atom stereocenters. The molecule has 1 heterocycles. The predicted octanol–water partition coefficient (Wildman–Crippen LogP) is 1.20. The minimum Gasteiger partial charge on any atom is -0.366 e. The smallest absolute Gasteiger partial charge is 0.251 e. The van der Waals surface area contributed by atoms with Gasteiger partial charge in [0.25, 0.3) is 5.91 Å². The normalized spacial score (nSPS) is 11.5. The summed E-state index contributed by atoms with van der Waals surface area (Å²) < 4.78 is 7.21. The molecule has 0 fully saturated rings. The van der Waals surface area contributed by atoms with Crippen molar-refractivity contribution >= 4 is 5.91 Å². The van der Waals surface area contributed by atoms with Crippen molar-refractivity contribution < 1.29 is 9.53 Å². The van der Waals surface area contributed by atoms with Crippen molar-refractivity contribution in [3.8, 4) is 0 Å². The average molecular weight is 239 g/mol. The number of amides is 1. The second-order valence-corrected chi connectivity index (χ2v) is 4.32. The molecular formula is C12H21N3O2. The molecule has 5 nitrogen and oxygen atoms in total. The van der Waals surface area contributed by atoms with E-state index in [1.165, 1.54) is 0 Å². The fourth-order valence-corrected chi connectivity index (χ4v) is 1.51. The summed E-state index contributed by atoms with van der Waals surface area (Å²) in [6, 6.07) is 1.89. The van der Waals surface area contributed by atoms with E-state index in [4.69, 9.17) is 4.74 Å². The van der Waals surface area contributed by atoms with Gasteiger partial charge < -0.3 is 10.1 Å². The number of nitrogens with zero attached hydrogens (tertiary/aromatic N) is 2. The first-order chi connectivity index (χ1) is 8.06. The van der Waals surface area contributed by atoms with Crippen molar-refractivity contribution in [1.29, 1.82) is 0 Å². The van der Waals surface area contributed by atoms with Crippen LogP contribution in [0, 0.1) is 0 Å². The molecule has 1 aromatic heterocycles. The zero-order valence-corrected chi connectivity index (χ0v) is 10.8. The molecule has 17 heavy (non-hydrogen) atoms. The Morgan fingerprint density at radius 2 is 2.29 bits per heavy atom. The molecule has 0 bridgehead atoms. The summed E-state index contributed by atoms with van der Waals surface area (Å²) in [5.74, 6) is -0.0696. The summed E-state index contributed by atoms with van der Waals surface area (Å²) in [5, 5.41) is 6.96. The van der Waals surface area contributed by atoms with Crippen LogP contribution in [-0.2, 0) is 16.1 Å². The molecule has 0 aliphatic carbocycles. The number of hydrogen-bond acceptors (Lipinski definition) is 3. The molecule has 0 aliphatic heterocycles. The second-order valence-electron chi connectivity index (χ2n) is 4.32. The summed E-state index contributed by atoms with van der Waals surface area (Å²) in [6.07, 6.45) is 4.51. The van der Waals surface area contributed by atoms with Gasteiger partial charge in [-0.15, -0.1) is 0 Å². The van der Waals surface area contributed by atoms with Gasteiger partial charge in [-0.1, -0.05) is 0 Å². The molecule has 0 aliphatic rings. The molecule has 1 N–H and O–H groups in total. The van der Waals surface area contributed by atoms with Crippen molar-refractivity contribution in [1.82, 2.24) is 15.1 Å². The third-order valence-corrected chi connectivity index (χ3v) is 2.46. The van der Waals surface area contributed by atoms with Crippen LogP contribution in [0.15, 0.2) is 18.5 Å². The Labute approximate surface area is 102 Å². The molecule has 0 spiro atoms. The zero-order chi connectivity index (χ0) is 12.7. The number of rotatable bonds is 7. The quantitative estimate of drug-likeness (QED) is 0.727. The van der Waals surface area contributed by atoms with Crippen LogP contribution >= 0.6 is 0 Å². The van der Waals surface area contributed by atoms with Gasteiger partial charge in [0.15, 0.2) is 0 Å². The third-order valence-electron chi connectivity index (χ3n) is 2.46.